The first-order chi connectivity index (χ1) is 11.0. The Morgan fingerprint density at radius 3 is 1.74 bits per heavy atom. The molecule has 1 rings (SSSR count). The van der Waals surface area contributed by atoms with E-state index in [1.807, 2.05) is 19.1 Å². The van der Waals surface area contributed by atoms with E-state index in [2.05, 4.69) is 6.92 Å². The van der Waals surface area contributed by atoms with Crippen LogP contribution in [-0.2, 0) is 9.59 Å². The summed E-state index contributed by atoms with van der Waals surface area (Å²) in [6, 6.07) is 0. The summed E-state index contributed by atoms with van der Waals surface area (Å²) < 4.78 is 0. The van der Waals surface area contributed by atoms with Crippen LogP contribution in [0.3, 0.4) is 0 Å². The molecule has 0 saturated heterocycles. The summed E-state index contributed by atoms with van der Waals surface area (Å²) in [7, 11) is 0. The molecule has 0 bridgehead atoms. The third-order valence-electron chi connectivity index (χ3n) is 5.47. The lowest BCUT2D eigenvalue weighted by atomic mass is 9.54. The first kappa shape index (κ1) is 19.7. The Morgan fingerprint density at radius 2 is 1.26 bits per heavy atom. The average Bonchev–Trinajstić information content (AvgIpc) is 2.52. The number of rotatable bonds is 11. The highest BCUT2D eigenvalue weighted by Crippen LogP contribution is 2.54. The Hall–Kier alpha value is -1.32. The number of unbranched alkanes of at least 4 members (excludes halogenated alkanes) is 5. The summed E-state index contributed by atoms with van der Waals surface area (Å²) >= 11 is 0. The Balaban J connectivity index is 2.92. The van der Waals surface area contributed by atoms with E-state index in [-0.39, 0.29) is 0 Å². The molecule has 1 aliphatic carbocycles. The van der Waals surface area contributed by atoms with Gasteiger partial charge in [-0.15, -0.1) is 0 Å². The smallest absolute Gasteiger partial charge is 0.311 e. The Morgan fingerprint density at radius 1 is 0.783 bits per heavy atom. The highest BCUT2D eigenvalue weighted by atomic mass is 16.4. The highest BCUT2D eigenvalue weighted by Gasteiger charge is 2.60. The van der Waals surface area contributed by atoms with E-state index >= 15 is 0 Å². The fourth-order valence-corrected chi connectivity index (χ4v) is 4.07. The SMILES string of the molecule is CCCCCCCCC1(C(=O)O)CC=CCC1(CCC)C(=O)O. The monoisotopic (exact) mass is 324 g/mol. The second kappa shape index (κ2) is 9.09. The molecule has 0 heterocycles. The van der Waals surface area contributed by atoms with E-state index in [1.165, 1.54) is 19.3 Å². The van der Waals surface area contributed by atoms with Gasteiger partial charge >= 0.3 is 11.9 Å². The van der Waals surface area contributed by atoms with Gasteiger partial charge in [0.05, 0.1) is 10.8 Å². The minimum atomic E-state index is -1.16. The van der Waals surface area contributed by atoms with E-state index in [0.717, 1.165) is 19.3 Å². The van der Waals surface area contributed by atoms with E-state index in [4.69, 9.17) is 0 Å². The molecular weight excluding hydrogens is 292 g/mol. The molecule has 1 aliphatic rings. The van der Waals surface area contributed by atoms with Crippen LogP contribution in [0.5, 0.6) is 0 Å². The molecule has 2 atom stereocenters. The van der Waals surface area contributed by atoms with E-state index in [1.54, 1.807) is 0 Å². The lowest BCUT2D eigenvalue weighted by Gasteiger charge is -2.46. The van der Waals surface area contributed by atoms with Crippen LogP contribution in [0.4, 0.5) is 0 Å². The lowest BCUT2D eigenvalue weighted by Crippen LogP contribution is -2.53. The number of hydrogen-bond acceptors (Lipinski definition) is 2. The van der Waals surface area contributed by atoms with Gasteiger partial charge in [-0.25, -0.2) is 0 Å². The molecule has 132 valence electrons. The maximum atomic E-state index is 12.1. The largest absolute Gasteiger partial charge is 0.481 e. The molecule has 4 heteroatoms. The van der Waals surface area contributed by atoms with Crippen molar-refractivity contribution in [2.75, 3.05) is 0 Å². The quantitative estimate of drug-likeness (QED) is 0.413. The number of carboxylic acids is 2. The van der Waals surface area contributed by atoms with Gasteiger partial charge < -0.3 is 10.2 Å². The first-order valence-corrected chi connectivity index (χ1v) is 9.08. The van der Waals surface area contributed by atoms with Crippen LogP contribution >= 0.6 is 0 Å². The molecule has 2 unspecified atom stereocenters. The van der Waals surface area contributed by atoms with E-state index < -0.39 is 22.8 Å². The van der Waals surface area contributed by atoms with Crippen LogP contribution in [0.1, 0.15) is 84.5 Å². The summed E-state index contributed by atoms with van der Waals surface area (Å²) in [6.45, 7) is 4.10. The molecule has 2 N–H and O–H groups in total. The fraction of sp³-hybridized carbons (Fsp3) is 0.789. The van der Waals surface area contributed by atoms with Crippen LogP contribution in [0.25, 0.3) is 0 Å². The maximum Gasteiger partial charge on any atom is 0.311 e. The van der Waals surface area contributed by atoms with Gasteiger partial charge in [0.25, 0.3) is 0 Å². The lowest BCUT2D eigenvalue weighted by molar-refractivity contribution is -0.177. The normalized spacial score (nSPS) is 27.0. The molecule has 0 aliphatic heterocycles. The third-order valence-corrected chi connectivity index (χ3v) is 5.47. The maximum absolute atomic E-state index is 12.1. The van der Waals surface area contributed by atoms with Crippen molar-refractivity contribution in [1.82, 2.24) is 0 Å². The zero-order valence-electron chi connectivity index (χ0n) is 14.6. The highest BCUT2D eigenvalue weighted by molar-refractivity contribution is 5.87. The summed E-state index contributed by atoms with van der Waals surface area (Å²) in [6.07, 6.45) is 12.4. The van der Waals surface area contributed by atoms with Gasteiger partial charge in [0.15, 0.2) is 0 Å². The second-order valence-electron chi connectivity index (χ2n) is 6.92. The van der Waals surface area contributed by atoms with Crippen molar-refractivity contribution in [3.8, 4) is 0 Å². The topological polar surface area (TPSA) is 74.6 Å². The molecule has 23 heavy (non-hydrogen) atoms. The number of hydrogen-bond donors (Lipinski definition) is 2. The number of aliphatic carboxylic acids is 2. The molecule has 0 amide bonds. The molecule has 0 aromatic rings. The van der Waals surface area contributed by atoms with E-state index in [9.17, 15) is 19.8 Å². The molecule has 4 nitrogen and oxygen atoms in total. The predicted molar refractivity (Wildman–Crippen MR) is 91.4 cm³/mol. The standard InChI is InChI=1S/C19H32O4/c1-3-5-6-7-8-9-13-19(17(22)23)15-11-10-14-18(19,12-4-2)16(20)21/h10-11H,3-9,12-15H2,1-2H3,(H,20,21)(H,22,23). The summed E-state index contributed by atoms with van der Waals surface area (Å²) in [5.41, 5.74) is -2.32. The third kappa shape index (κ3) is 4.15. The Kier molecular flexibility index (Phi) is 7.80. The molecule has 0 fully saturated rings. The average molecular weight is 324 g/mol. The number of allylic oxidation sites excluding steroid dienone is 2. The molecule has 0 spiro atoms. The summed E-state index contributed by atoms with van der Waals surface area (Å²) in [4.78, 5) is 24.2. The van der Waals surface area contributed by atoms with Crippen LogP contribution < -0.4 is 0 Å². The summed E-state index contributed by atoms with van der Waals surface area (Å²) in [5, 5.41) is 19.8. The van der Waals surface area contributed by atoms with Gasteiger partial charge in [0, 0.05) is 0 Å². The number of carboxylic acid groups (broad SMARTS) is 2. The van der Waals surface area contributed by atoms with Crippen molar-refractivity contribution >= 4 is 11.9 Å². The molecule has 0 aromatic carbocycles. The van der Waals surface area contributed by atoms with Gasteiger partial charge in [-0.2, -0.15) is 0 Å². The summed E-state index contributed by atoms with van der Waals surface area (Å²) in [5.74, 6) is -1.89. The van der Waals surface area contributed by atoms with Gasteiger partial charge in [-0.3, -0.25) is 9.59 Å². The zero-order chi connectivity index (χ0) is 17.3. The van der Waals surface area contributed by atoms with Gasteiger partial charge in [0.1, 0.15) is 0 Å². The van der Waals surface area contributed by atoms with Crippen LogP contribution in [0, 0.1) is 10.8 Å². The van der Waals surface area contributed by atoms with Crippen molar-refractivity contribution in [3.05, 3.63) is 12.2 Å². The molecule has 0 radical (unpaired) electrons. The van der Waals surface area contributed by atoms with Gasteiger partial charge in [-0.05, 0) is 25.7 Å². The predicted octanol–water partition coefficient (Wildman–Crippen LogP) is 5.03. The van der Waals surface area contributed by atoms with Crippen molar-refractivity contribution < 1.29 is 19.8 Å². The molecule has 0 aromatic heterocycles. The van der Waals surface area contributed by atoms with Crippen LogP contribution in [0.15, 0.2) is 12.2 Å². The first-order valence-electron chi connectivity index (χ1n) is 9.08. The number of carbonyl (C=O) groups is 2. The Labute approximate surface area is 140 Å². The Bertz CT molecular complexity index is 429. The van der Waals surface area contributed by atoms with Gasteiger partial charge in [0.2, 0.25) is 0 Å². The second-order valence-corrected chi connectivity index (χ2v) is 6.92. The minimum Gasteiger partial charge on any atom is -0.481 e. The minimum absolute atomic E-state index is 0.332. The van der Waals surface area contributed by atoms with Crippen molar-refractivity contribution in [3.63, 3.8) is 0 Å². The zero-order valence-corrected chi connectivity index (χ0v) is 14.6. The van der Waals surface area contributed by atoms with Crippen molar-refractivity contribution in [2.24, 2.45) is 10.8 Å². The van der Waals surface area contributed by atoms with Crippen LogP contribution in [0.2, 0.25) is 0 Å². The fourth-order valence-electron chi connectivity index (χ4n) is 4.07. The van der Waals surface area contributed by atoms with E-state index in [0.29, 0.717) is 32.1 Å². The van der Waals surface area contributed by atoms with Gasteiger partial charge in [-0.1, -0.05) is 70.9 Å². The molecule has 0 saturated carbocycles. The van der Waals surface area contributed by atoms with Crippen LogP contribution in [-0.4, -0.2) is 22.2 Å². The van der Waals surface area contributed by atoms with Crippen molar-refractivity contribution in [2.45, 2.75) is 84.5 Å². The molecular formula is C19H32O4. The van der Waals surface area contributed by atoms with Crippen molar-refractivity contribution in [1.29, 1.82) is 0 Å².